The molecule has 4 aromatic carbocycles. The maximum atomic E-state index is 15.2. The molecular weight excluding hydrogens is 904 g/mol. The molecule has 2 N–H and O–H groups in total. The Kier molecular flexibility index (Phi) is 13.6. The predicted molar refractivity (Wildman–Crippen MR) is 231 cm³/mol. The van der Waals surface area contributed by atoms with E-state index in [2.05, 4.69) is 0 Å². The number of carbonyl (C=O) groups is 4. The number of hydrogen-bond acceptors (Lipinski definition) is 22. The van der Waals surface area contributed by atoms with Crippen LogP contribution in [0.3, 0.4) is 0 Å². The van der Waals surface area contributed by atoms with Crippen LogP contribution >= 0.6 is 0 Å². The van der Waals surface area contributed by atoms with E-state index in [-0.39, 0.29) is 114 Å². The highest BCUT2D eigenvalue weighted by atomic mass is 16.6. The first-order valence-electron chi connectivity index (χ1n) is 20.3. The Hall–Kier alpha value is -7.72. The highest BCUT2D eigenvalue weighted by molar-refractivity contribution is 6.11. The normalized spacial score (nSPS) is 19.4. The fourth-order valence-electron chi connectivity index (χ4n) is 8.76. The topological polar surface area (TPSA) is 256 Å². The zero-order valence-corrected chi connectivity index (χ0v) is 38.9. The van der Waals surface area contributed by atoms with Gasteiger partial charge < -0.3 is 86.0 Å². The van der Waals surface area contributed by atoms with E-state index in [9.17, 15) is 19.8 Å². The molecule has 5 atom stereocenters. The van der Waals surface area contributed by atoms with Crippen molar-refractivity contribution in [1.82, 2.24) is 0 Å². The minimum absolute atomic E-state index is 0.00212. The van der Waals surface area contributed by atoms with Gasteiger partial charge in [-0.15, -0.1) is 0 Å². The second kappa shape index (κ2) is 19.2. The zero-order valence-electron chi connectivity index (χ0n) is 38.9. The Balaban J connectivity index is 1.56. The lowest BCUT2D eigenvalue weighted by molar-refractivity contribution is -0.153. The van der Waals surface area contributed by atoms with Crippen LogP contribution in [-0.2, 0) is 18.9 Å². The largest absolute Gasteiger partial charge is 0.493 e. The molecule has 364 valence electrons. The summed E-state index contributed by atoms with van der Waals surface area (Å²) in [7, 11) is 15.4. The Labute approximate surface area is 388 Å². The summed E-state index contributed by atoms with van der Waals surface area (Å²) in [6.45, 7) is -0.984. The lowest BCUT2D eigenvalue weighted by atomic mass is 9.82. The van der Waals surface area contributed by atoms with Crippen LogP contribution in [0, 0.1) is 0 Å². The van der Waals surface area contributed by atoms with E-state index in [1.165, 1.54) is 104 Å². The maximum Gasteiger partial charge on any atom is 0.339 e. The highest BCUT2D eigenvalue weighted by Gasteiger charge is 2.54. The molecule has 0 aliphatic carbocycles. The number of esters is 4. The fraction of sp³-hybridized carbons (Fsp3) is 0.391. The molecule has 0 radical (unpaired) electrons. The van der Waals surface area contributed by atoms with Gasteiger partial charge in [-0.2, -0.15) is 0 Å². The zero-order chi connectivity index (χ0) is 49.5. The van der Waals surface area contributed by atoms with Gasteiger partial charge in [0.15, 0.2) is 64.3 Å². The smallest absolute Gasteiger partial charge is 0.339 e. The quantitative estimate of drug-likeness (QED) is 0.142. The molecule has 1 unspecified atom stereocenters. The third-order valence-electron chi connectivity index (χ3n) is 11.6. The number of carbonyl (C=O) groups excluding carboxylic acids is 4. The van der Waals surface area contributed by atoms with Crippen molar-refractivity contribution in [1.29, 1.82) is 0 Å². The van der Waals surface area contributed by atoms with Gasteiger partial charge in [-0.05, 0) is 18.2 Å². The van der Waals surface area contributed by atoms with Gasteiger partial charge in [0, 0.05) is 27.8 Å². The number of cyclic esters (lactones) is 2. The first-order valence-corrected chi connectivity index (χ1v) is 20.3. The van der Waals surface area contributed by atoms with E-state index < -0.39 is 66.6 Å². The van der Waals surface area contributed by atoms with E-state index >= 15 is 9.59 Å². The number of rotatable bonds is 13. The molecule has 0 aromatic heterocycles. The summed E-state index contributed by atoms with van der Waals surface area (Å²) in [6, 6.07) is 3.68. The van der Waals surface area contributed by atoms with E-state index in [0.29, 0.717) is 0 Å². The molecule has 4 aliphatic heterocycles. The number of fused-ring (bicyclic) bond motifs is 6. The van der Waals surface area contributed by atoms with E-state index in [1.807, 2.05) is 0 Å². The SMILES string of the molecule is COc1cc2c(c(OC)c1OC)-c1c(cc(OC)c(OC)c1OC)C(=O)O[C@@H]([C@@H]1OC(=O)c3cc(OC)c(OC)c(OC)c3-c3c(OC)c(OC)c(OC)c4c3C(=O)O[C@H]1[C@H]4O)C(O)COC2=O. The maximum absolute atomic E-state index is 15.2. The average molecular weight is 953 g/mol. The molecule has 0 amide bonds. The van der Waals surface area contributed by atoms with Gasteiger partial charge >= 0.3 is 23.9 Å². The van der Waals surface area contributed by atoms with Gasteiger partial charge in [0.1, 0.15) is 18.8 Å². The van der Waals surface area contributed by atoms with Gasteiger partial charge in [-0.1, -0.05) is 0 Å². The molecule has 0 saturated carbocycles. The van der Waals surface area contributed by atoms with E-state index in [4.69, 9.17) is 75.8 Å². The van der Waals surface area contributed by atoms with Crippen LogP contribution in [0.25, 0.3) is 22.3 Å². The van der Waals surface area contributed by atoms with Crippen molar-refractivity contribution in [2.24, 2.45) is 0 Å². The summed E-state index contributed by atoms with van der Waals surface area (Å²) in [4.78, 5) is 59.4. The third kappa shape index (κ3) is 7.35. The van der Waals surface area contributed by atoms with Crippen LogP contribution < -0.4 is 56.8 Å². The summed E-state index contributed by atoms with van der Waals surface area (Å²) < 4.78 is 92.7. The Morgan fingerprint density at radius 3 is 1.13 bits per heavy atom. The molecule has 0 saturated heterocycles. The summed E-state index contributed by atoms with van der Waals surface area (Å²) in [5.41, 5.74) is -2.38. The fourth-order valence-corrected chi connectivity index (χ4v) is 8.76. The van der Waals surface area contributed by atoms with Crippen molar-refractivity contribution in [3.05, 3.63) is 46.0 Å². The van der Waals surface area contributed by atoms with Gasteiger partial charge in [0.2, 0.25) is 23.0 Å². The second-order valence-electron chi connectivity index (χ2n) is 14.7. The monoisotopic (exact) mass is 952 g/mol. The van der Waals surface area contributed by atoms with Gasteiger partial charge in [-0.3, -0.25) is 0 Å². The molecule has 22 heteroatoms. The lowest BCUT2D eigenvalue weighted by Crippen LogP contribution is -2.55. The number of ether oxygens (including phenoxy) is 16. The molecule has 4 aromatic rings. The van der Waals surface area contributed by atoms with Gasteiger partial charge in [0.25, 0.3) is 0 Å². The van der Waals surface area contributed by atoms with Crippen molar-refractivity contribution < 1.29 is 105 Å². The summed E-state index contributed by atoms with van der Waals surface area (Å²) in [5, 5.41) is 24.7. The Morgan fingerprint density at radius 1 is 0.382 bits per heavy atom. The minimum Gasteiger partial charge on any atom is -0.493 e. The first-order chi connectivity index (χ1) is 32.7. The van der Waals surface area contributed by atoms with Crippen molar-refractivity contribution in [2.75, 3.05) is 91.9 Å². The predicted octanol–water partition coefficient (Wildman–Crippen LogP) is 3.99. The molecule has 0 fully saturated rings. The van der Waals surface area contributed by atoms with Crippen molar-refractivity contribution in [3.8, 4) is 91.2 Å². The van der Waals surface area contributed by atoms with E-state index in [0.717, 1.165) is 0 Å². The van der Waals surface area contributed by atoms with Crippen molar-refractivity contribution in [3.63, 3.8) is 0 Å². The Bertz CT molecular complexity index is 2690. The molecule has 0 spiro atoms. The molecule has 22 nitrogen and oxygen atoms in total. The average Bonchev–Trinajstić information content (AvgIpc) is 3.37. The standard InChI is InChI=1S/C46H48O22/c1-53-21-13-17-24(35(59-7)32(21)56-4)25-18(14-22(54-2)33(57-5)36(25)60-8)44(50)66-31(20(47)16-65-43(17)49)42-40-30(48)29-28(46(52)67-40)27(38(62-10)41(64-12)39(29)63-11)26-19(45(51)68-42)15-23(55-3)34(58-6)37(26)61-9/h13-15,20,30-31,40,42,47-48H,16H2,1-12H3/t20?,30-,31+,40-,42-/m0/s1. The summed E-state index contributed by atoms with van der Waals surface area (Å²) in [6.07, 6.45) is -10.5. The molecule has 4 heterocycles. The van der Waals surface area contributed by atoms with Crippen molar-refractivity contribution >= 4 is 23.9 Å². The van der Waals surface area contributed by atoms with Gasteiger partial charge in [0.05, 0.1) is 108 Å². The molecule has 8 rings (SSSR count). The number of benzene rings is 4. The summed E-state index contributed by atoms with van der Waals surface area (Å²) in [5.74, 6) is -6.04. The van der Waals surface area contributed by atoms with Crippen LogP contribution in [0.1, 0.15) is 53.1 Å². The highest BCUT2D eigenvalue weighted by Crippen LogP contribution is 2.59. The first kappa shape index (κ1) is 48.2. The number of aliphatic hydroxyl groups is 2. The van der Waals surface area contributed by atoms with Crippen LogP contribution in [0.4, 0.5) is 0 Å². The molecule has 4 aliphatic rings. The second-order valence-corrected chi connectivity index (χ2v) is 14.7. The molecule has 4 bridgehead atoms. The minimum atomic E-state index is -2.18. The van der Waals surface area contributed by atoms with E-state index in [1.54, 1.807) is 0 Å². The lowest BCUT2D eigenvalue weighted by Gasteiger charge is -2.41. The van der Waals surface area contributed by atoms with Crippen LogP contribution in [0.15, 0.2) is 18.2 Å². The molecular formula is C46H48O22. The number of aliphatic hydroxyl groups excluding tert-OH is 2. The Morgan fingerprint density at radius 2 is 0.735 bits per heavy atom. The summed E-state index contributed by atoms with van der Waals surface area (Å²) >= 11 is 0. The van der Waals surface area contributed by atoms with Crippen LogP contribution in [-0.4, -0.2) is 150 Å². The molecule has 68 heavy (non-hydrogen) atoms. The van der Waals surface area contributed by atoms with Crippen LogP contribution in [0.5, 0.6) is 69.0 Å². The number of hydrogen-bond donors (Lipinski definition) is 2. The third-order valence-corrected chi connectivity index (χ3v) is 11.6. The van der Waals surface area contributed by atoms with Crippen LogP contribution in [0.2, 0.25) is 0 Å². The van der Waals surface area contributed by atoms with Crippen molar-refractivity contribution in [2.45, 2.75) is 30.5 Å². The number of methoxy groups -OCH3 is 12. The van der Waals surface area contributed by atoms with Gasteiger partial charge in [-0.25, -0.2) is 19.2 Å².